The third-order valence-corrected chi connectivity index (χ3v) is 1.67. The first-order chi connectivity index (χ1) is 7.27. The zero-order chi connectivity index (χ0) is 12.9. The molecule has 0 aromatic carbocycles. The van der Waals surface area contributed by atoms with Crippen LogP contribution in [-0.4, -0.2) is 50.3 Å². The Bertz CT molecular complexity index is 313. The number of carbonyl (C=O) groups is 4. The van der Waals surface area contributed by atoms with Crippen molar-refractivity contribution >= 4 is 24.1 Å². The van der Waals surface area contributed by atoms with E-state index in [4.69, 9.17) is 21.1 Å². The fourth-order valence-corrected chi connectivity index (χ4v) is 0.990. The van der Waals surface area contributed by atoms with Gasteiger partial charge in [0.2, 0.25) is 5.91 Å². The maximum atomic E-state index is 10.6. The van der Waals surface area contributed by atoms with Gasteiger partial charge in [-0.25, -0.2) is 14.4 Å². The Morgan fingerprint density at radius 1 is 1.06 bits per heavy atom. The lowest BCUT2D eigenvalue weighted by atomic mass is 10.1. The molecule has 0 saturated carbocycles. The van der Waals surface area contributed by atoms with Gasteiger partial charge in [-0.3, -0.25) is 4.79 Å². The van der Waals surface area contributed by atoms with Crippen LogP contribution >= 0.6 is 0 Å². The largest absolute Gasteiger partial charge is 0.480 e. The van der Waals surface area contributed by atoms with E-state index in [0.717, 1.165) is 0 Å². The molecule has 0 fully saturated rings. The van der Waals surface area contributed by atoms with E-state index in [0.29, 0.717) is 0 Å². The summed E-state index contributed by atoms with van der Waals surface area (Å²) >= 11 is 0. The molecule has 0 aliphatic heterocycles. The maximum Gasteiger partial charge on any atom is 0.417 e. The summed E-state index contributed by atoms with van der Waals surface area (Å²) in [6, 6.07) is -1.84. The highest BCUT2D eigenvalue weighted by molar-refractivity contribution is 5.92. The average molecular weight is 234 g/mol. The summed E-state index contributed by atoms with van der Waals surface area (Å²) in [5.74, 6) is -2.51. The number of amides is 3. The van der Waals surface area contributed by atoms with Crippen LogP contribution in [0.4, 0.5) is 9.59 Å². The highest BCUT2D eigenvalue weighted by Crippen LogP contribution is 2.08. The number of carboxylic acid groups (broad SMARTS) is 3. The Labute approximate surface area is 89.1 Å². The van der Waals surface area contributed by atoms with E-state index in [1.807, 2.05) is 0 Å². The van der Waals surface area contributed by atoms with Gasteiger partial charge >= 0.3 is 18.2 Å². The van der Waals surface area contributed by atoms with Crippen molar-refractivity contribution in [2.45, 2.75) is 18.9 Å². The molecule has 5 N–H and O–H groups in total. The summed E-state index contributed by atoms with van der Waals surface area (Å²) < 4.78 is 0. The van der Waals surface area contributed by atoms with Crippen molar-refractivity contribution in [2.24, 2.45) is 5.73 Å². The van der Waals surface area contributed by atoms with Crippen molar-refractivity contribution in [3.63, 3.8) is 0 Å². The van der Waals surface area contributed by atoms with Crippen molar-refractivity contribution < 1.29 is 34.5 Å². The number of carbonyl (C=O) groups excluding carboxylic acids is 1. The minimum absolute atomic E-state index is 0.286. The summed E-state index contributed by atoms with van der Waals surface area (Å²) in [5.41, 5.74) is 4.75. The van der Waals surface area contributed by atoms with Crippen LogP contribution in [0.5, 0.6) is 0 Å². The van der Waals surface area contributed by atoms with E-state index < -0.39 is 42.9 Å². The molecule has 9 nitrogen and oxygen atoms in total. The van der Waals surface area contributed by atoms with Crippen LogP contribution in [0, 0.1) is 0 Å². The summed E-state index contributed by atoms with van der Waals surface area (Å²) in [5, 5.41) is 25.6. The van der Waals surface area contributed by atoms with Crippen molar-refractivity contribution in [3.05, 3.63) is 0 Å². The first-order valence-corrected chi connectivity index (χ1v) is 4.03. The van der Waals surface area contributed by atoms with E-state index >= 15 is 0 Å². The molecule has 0 aromatic rings. The summed E-state index contributed by atoms with van der Waals surface area (Å²) in [4.78, 5) is 41.8. The molecule has 9 heteroatoms. The highest BCUT2D eigenvalue weighted by Gasteiger charge is 2.34. The van der Waals surface area contributed by atoms with Crippen molar-refractivity contribution in [1.82, 2.24) is 4.90 Å². The Kier molecular flexibility index (Phi) is 4.73. The van der Waals surface area contributed by atoms with Crippen LogP contribution in [-0.2, 0) is 9.59 Å². The van der Waals surface area contributed by atoms with Gasteiger partial charge in [0.25, 0.3) is 0 Å². The zero-order valence-electron chi connectivity index (χ0n) is 7.99. The number of primary amides is 1. The summed E-state index contributed by atoms with van der Waals surface area (Å²) in [6.07, 6.45) is -4.77. The molecule has 1 unspecified atom stereocenters. The van der Waals surface area contributed by atoms with Gasteiger partial charge in [0.05, 0.1) is 0 Å². The number of nitrogens with two attached hydrogens (primary N) is 1. The minimum atomic E-state index is -1.93. The smallest absolute Gasteiger partial charge is 0.417 e. The molecule has 90 valence electrons. The standard InChI is InChI=1S/C7H10N2O7/c8-4(10)2-1-3(5(11)12)9(6(13)14)7(15)16/h3H,1-2H2,(H2,8,10)(H,11,12)(H,13,14)(H,15,16). The molecule has 0 spiro atoms. The second-order valence-electron chi connectivity index (χ2n) is 2.79. The number of hydrogen-bond acceptors (Lipinski definition) is 4. The average Bonchev–Trinajstić information content (AvgIpc) is 2.09. The van der Waals surface area contributed by atoms with Gasteiger partial charge in [-0.2, -0.15) is 4.90 Å². The van der Waals surface area contributed by atoms with Crippen LogP contribution < -0.4 is 5.73 Å². The van der Waals surface area contributed by atoms with E-state index in [1.165, 1.54) is 0 Å². The zero-order valence-corrected chi connectivity index (χ0v) is 7.99. The van der Waals surface area contributed by atoms with Crippen LogP contribution in [0.3, 0.4) is 0 Å². The predicted molar refractivity (Wildman–Crippen MR) is 47.7 cm³/mol. The molecule has 0 bridgehead atoms. The Balaban J connectivity index is 4.86. The summed E-state index contributed by atoms with van der Waals surface area (Å²) in [7, 11) is 0. The van der Waals surface area contributed by atoms with E-state index in [-0.39, 0.29) is 4.90 Å². The van der Waals surface area contributed by atoms with Gasteiger partial charge in [0, 0.05) is 6.42 Å². The topological polar surface area (TPSA) is 158 Å². The molecule has 1 atom stereocenters. The van der Waals surface area contributed by atoms with Gasteiger partial charge in [-0.15, -0.1) is 0 Å². The van der Waals surface area contributed by atoms with Crippen LogP contribution in [0.25, 0.3) is 0 Å². The second-order valence-corrected chi connectivity index (χ2v) is 2.79. The van der Waals surface area contributed by atoms with Gasteiger partial charge in [0.1, 0.15) is 6.04 Å². The molecular formula is C7H10N2O7. The van der Waals surface area contributed by atoms with E-state index in [2.05, 4.69) is 0 Å². The molecule has 16 heavy (non-hydrogen) atoms. The SMILES string of the molecule is NC(=O)CCC(C(=O)O)N(C(=O)O)C(=O)O. The third-order valence-electron chi connectivity index (χ3n) is 1.67. The molecule has 0 aliphatic carbocycles. The first-order valence-electron chi connectivity index (χ1n) is 4.03. The van der Waals surface area contributed by atoms with Crippen LogP contribution in [0.15, 0.2) is 0 Å². The fourth-order valence-electron chi connectivity index (χ4n) is 0.990. The number of imide groups is 1. The molecule has 0 aromatic heterocycles. The van der Waals surface area contributed by atoms with Crippen molar-refractivity contribution in [1.29, 1.82) is 0 Å². The molecule has 0 heterocycles. The molecule has 0 radical (unpaired) electrons. The Hall–Kier alpha value is -2.32. The molecular weight excluding hydrogens is 224 g/mol. The van der Waals surface area contributed by atoms with E-state index in [9.17, 15) is 19.2 Å². The van der Waals surface area contributed by atoms with Crippen molar-refractivity contribution in [3.8, 4) is 0 Å². The first kappa shape index (κ1) is 13.7. The highest BCUT2D eigenvalue weighted by atomic mass is 16.4. The number of rotatable bonds is 5. The Morgan fingerprint density at radius 2 is 1.50 bits per heavy atom. The molecule has 0 rings (SSSR count). The second kappa shape index (κ2) is 5.53. The molecule has 3 amide bonds. The fraction of sp³-hybridized carbons (Fsp3) is 0.429. The van der Waals surface area contributed by atoms with Gasteiger partial charge < -0.3 is 21.1 Å². The quantitative estimate of drug-likeness (QED) is 0.492. The maximum absolute atomic E-state index is 10.6. The molecule has 0 aliphatic rings. The number of nitrogens with zero attached hydrogens (tertiary/aromatic N) is 1. The van der Waals surface area contributed by atoms with Crippen LogP contribution in [0.1, 0.15) is 12.8 Å². The number of aliphatic carboxylic acids is 1. The Morgan fingerprint density at radius 3 is 1.75 bits per heavy atom. The predicted octanol–water partition coefficient (Wildman–Crippen LogP) is -0.637. The molecule has 0 saturated heterocycles. The van der Waals surface area contributed by atoms with Gasteiger partial charge in [0.15, 0.2) is 0 Å². The minimum Gasteiger partial charge on any atom is -0.480 e. The third kappa shape index (κ3) is 3.82. The number of hydrogen-bond donors (Lipinski definition) is 4. The van der Waals surface area contributed by atoms with Crippen LogP contribution in [0.2, 0.25) is 0 Å². The summed E-state index contributed by atoms with van der Waals surface area (Å²) in [6.45, 7) is 0. The normalized spacial score (nSPS) is 11.5. The monoisotopic (exact) mass is 234 g/mol. The van der Waals surface area contributed by atoms with Gasteiger partial charge in [-0.1, -0.05) is 0 Å². The number of carboxylic acids is 1. The van der Waals surface area contributed by atoms with Crippen molar-refractivity contribution in [2.75, 3.05) is 0 Å². The van der Waals surface area contributed by atoms with E-state index in [1.54, 1.807) is 0 Å². The lowest BCUT2D eigenvalue weighted by Crippen LogP contribution is -2.47. The lowest BCUT2D eigenvalue weighted by molar-refractivity contribution is -0.142. The lowest BCUT2D eigenvalue weighted by Gasteiger charge is -2.20. The van der Waals surface area contributed by atoms with Gasteiger partial charge in [-0.05, 0) is 6.42 Å².